The van der Waals surface area contributed by atoms with E-state index in [0.717, 1.165) is 17.2 Å². The van der Waals surface area contributed by atoms with Gasteiger partial charge >= 0.3 is 5.69 Å². The average Bonchev–Trinajstić information content (AvgIpc) is 2.59. The number of aromatic amines is 1. The lowest BCUT2D eigenvalue weighted by Crippen LogP contribution is -2.34. The van der Waals surface area contributed by atoms with Gasteiger partial charge in [0.2, 0.25) is 5.78 Å². The number of benzene rings is 2. The highest BCUT2D eigenvalue weighted by molar-refractivity contribution is 6.07. The van der Waals surface area contributed by atoms with Crippen molar-refractivity contribution in [3.63, 3.8) is 0 Å². The predicted octanol–water partition coefficient (Wildman–Crippen LogP) is 1.81. The molecule has 0 radical (unpaired) electrons. The molecule has 0 atom stereocenters. The van der Waals surface area contributed by atoms with E-state index >= 15 is 0 Å². The molecule has 1 heterocycles. The van der Waals surface area contributed by atoms with E-state index in [9.17, 15) is 18.8 Å². The lowest BCUT2D eigenvalue weighted by atomic mass is 10.0. The van der Waals surface area contributed by atoms with Crippen LogP contribution < -0.4 is 11.2 Å². The average molecular weight is 326 g/mol. The normalized spacial score (nSPS) is 10.5. The number of carbonyl (C=O) groups excluding carboxylic acids is 1. The topological polar surface area (TPSA) is 92.2 Å². The van der Waals surface area contributed by atoms with Crippen LogP contribution in [0, 0.1) is 5.82 Å². The first kappa shape index (κ1) is 15.4. The van der Waals surface area contributed by atoms with E-state index in [1.807, 2.05) is 0 Å². The molecule has 0 unspecified atom stereocenters. The second-order valence-corrected chi connectivity index (χ2v) is 5.05. The summed E-state index contributed by atoms with van der Waals surface area (Å²) in [5.41, 5.74) is -0.479. The molecule has 0 fully saturated rings. The number of aromatic nitrogens is 2. The summed E-state index contributed by atoms with van der Waals surface area (Å²) in [7, 11) is 0. The van der Waals surface area contributed by atoms with E-state index < -0.39 is 17.0 Å². The van der Waals surface area contributed by atoms with Crippen molar-refractivity contribution in [2.75, 3.05) is 0 Å². The monoisotopic (exact) mass is 326 g/mol. The van der Waals surface area contributed by atoms with Gasteiger partial charge in [-0.25, -0.2) is 9.18 Å². The molecule has 0 aliphatic rings. The van der Waals surface area contributed by atoms with Crippen molar-refractivity contribution in [2.24, 2.45) is 0 Å². The largest absolute Gasteiger partial charge is 0.421 e. The van der Waals surface area contributed by atoms with Crippen LogP contribution >= 0.6 is 0 Å². The molecule has 7 heteroatoms. The zero-order valence-corrected chi connectivity index (χ0v) is 12.2. The summed E-state index contributed by atoms with van der Waals surface area (Å²) >= 11 is 0. The van der Waals surface area contributed by atoms with Crippen LogP contribution in [0.5, 0.6) is 0 Å². The van der Waals surface area contributed by atoms with Crippen molar-refractivity contribution >= 4 is 5.78 Å². The molecular weight excluding hydrogens is 315 g/mol. The van der Waals surface area contributed by atoms with Crippen LogP contribution in [0.15, 0.2) is 64.2 Å². The maximum Gasteiger partial charge on any atom is 0.362 e. The van der Waals surface area contributed by atoms with Gasteiger partial charge < -0.3 is 10.2 Å². The van der Waals surface area contributed by atoms with Gasteiger partial charge in [-0.1, -0.05) is 41.1 Å². The van der Waals surface area contributed by atoms with Crippen LogP contribution in [0.1, 0.15) is 16.1 Å². The number of carbonyl (C=O) groups is 1. The number of halogens is 1. The Labute approximate surface area is 134 Å². The maximum absolute atomic E-state index is 12.9. The van der Waals surface area contributed by atoms with Crippen molar-refractivity contribution in [2.45, 2.75) is 0 Å². The summed E-state index contributed by atoms with van der Waals surface area (Å²) in [6.45, 7) is 0. The van der Waals surface area contributed by atoms with E-state index in [1.54, 1.807) is 24.3 Å². The van der Waals surface area contributed by atoms with Crippen LogP contribution in [0.2, 0.25) is 0 Å². The molecule has 0 aliphatic heterocycles. The molecule has 3 aromatic rings. The number of nitrogens with one attached hydrogen (secondary N) is 1. The van der Waals surface area contributed by atoms with E-state index in [2.05, 4.69) is 4.98 Å². The minimum absolute atomic E-state index is 0.117. The van der Waals surface area contributed by atoms with Crippen LogP contribution in [-0.4, -0.2) is 20.7 Å². The van der Waals surface area contributed by atoms with E-state index in [1.165, 1.54) is 24.3 Å². The minimum Gasteiger partial charge on any atom is -0.421 e. The van der Waals surface area contributed by atoms with Crippen molar-refractivity contribution in [3.8, 4) is 11.1 Å². The molecule has 120 valence electrons. The van der Waals surface area contributed by atoms with Crippen LogP contribution in [-0.2, 0) is 0 Å². The first-order valence-electron chi connectivity index (χ1n) is 6.92. The van der Waals surface area contributed by atoms with Gasteiger partial charge in [0.15, 0.2) is 0 Å². The Morgan fingerprint density at radius 1 is 0.958 bits per heavy atom. The third kappa shape index (κ3) is 2.87. The number of hydrogen-bond acceptors (Lipinski definition) is 4. The van der Waals surface area contributed by atoms with Crippen LogP contribution in [0.3, 0.4) is 0 Å². The van der Waals surface area contributed by atoms with Crippen molar-refractivity contribution < 1.29 is 14.4 Å². The fourth-order valence-corrected chi connectivity index (χ4v) is 2.22. The molecule has 0 spiro atoms. The number of H-pyrrole nitrogens is 1. The minimum atomic E-state index is -1.09. The molecular formula is C17H11FN2O4. The summed E-state index contributed by atoms with van der Waals surface area (Å²) in [6.07, 6.45) is 0. The second kappa shape index (κ2) is 5.96. The van der Waals surface area contributed by atoms with Gasteiger partial charge in [0.05, 0.1) is 5.69 Å². The lowest BCUT2D eigenvalue weighted by molar-refractivity contribution is 0.103. The van der Waals surface area contributed by atoms with Gasteiger partial charge in [0.1, 0.15) is 5.82 Å². The molecule has 1 aromatic heterocycles. The molecule has 6 nitrogen and oxygen atoms in total. The van der Waals surface area contributed by atoms with Crippen molar-refractivity contribution in [1.29, 1.82) is 0 Å². The highest BCUT2D eigenvalue weighted by atomic mass is 19.1. The zero-order chi connectivity index (χ0) is 17.3. The molecule has 0 saturated heterocycles. The SMILES string of the molecule is O=C(c1ccc(-c2ccc(F)cc2)cc1)c1cc(=O)n(O)c(=O)[nH]1. The summed E-state index contributed by atoms with van der Waals surface area (Å²) in [6, 6.07) is 13.2. The number of rotatable bonds is 3. The Balaban J connectivity index is 1.93. The Morgan fingerprint density at radius 2 is 1.50 bits per heavy atom. The number of ketones is 1. The Hall–Kier alpha value is -3.48. The molecule has 3 rings (SSSR count). The summed E-state index contributed by atoms with van der Waals surface area (Å²) in [5, 5.41) is 9.09. The second-order valence-electron chi connectivity index (χ2n) is 5.05. The van der Waals surface area contributed by atoms with Crippen molar-refractivity contribution in [1.82, 2.24) is 9.71 Å². The van der Waals surface area contributed by atoms with Gasteiger partial charge in [0.25, 0.3) is 5.56 Å². The Kier molecular flexibility index (Phi) is 3.83. The quantitative estimate of drug-likeness (QED) is 0.567. The van der Waals surface area contributed by atoms with Crippen LogP contribution in [0.4, 0.5) is 4.39 Å². The standard InChI is InChI=1S/C17H11FN2O4/c18-13-7-5-11(6-8-13)10-1-3-12(4-2-10)16(22)14-9-15(21)20(24)17(23)19-14/h1-9,24H,(H,19,23). The third-order valence-electron chi connectivity index (χ3n) is 3.48. The van der Waals surface area contributed by atoms with Gasteiger partial charge in [-0.15, -0.1) is 0 Å². The Bertz CT molecular complexity index is 987. The molecule has 0 saturated carbocycles. The highest BCUT2D eigenvalue weighted by Gasteiger charge is 2.13. The fraction of sp³-hybridized carbons (Fsp3) is 0. The molecule has 0 amide bonds. The van der Waals surface area contributed by atoms with Gasteiger partial charge in [-0.2, -0.15) is 0 Å². The maximum atomic E-state index is 12.9. The van der Waals surface area contributed by atoms with E-state index in [-0.39, 0.29) is 21.8 Å². The molecule has 24 heavy (non-hydrogen) atoms. The van der Waals surface area contributed by atoms with Crippen molar-refractivity contribution in [3.05, 3.63) is 92.5 Å². The third-order valence-corrected chi connectivity index (χ3v) is 3.48. The predicted molar refractivity (Wildman–Crippen MR) is 83.8 cm³/mol. The first-order valence-corrected chi connectivity index (χ1v) is 6.92. The fourth-order valence-electron chi connectivity index (χ4n) is 2.22. The highest BCUT2D eigenvalue weighted by Crippen LogP contribution is 2.20. The first-order chi connectivity index (χ1) is 11.5. The summed E-state index contributed by atoms with van der Waals surface area (Å²) in [4.78, 5) is 37.1. The molecule has 0 aliphatic carbocycles. The Morgan fingerprint density at radius 3 is 2.04 bits per heavy atom. The molecule has 2 N–H and O–H groups in total. The number of hydrogen-bond donors (Lipinski definition) is 2. The van der Waals surface area contributed by atoms with Gasteiger partial charge in [-0.3, -0.25) is 9.59 Å². The van der Waals surface area contributed by atoms with E-state index in [4.69, 9.17) is 5.21 Å². The lowest BCUT2D eigenvalue weighted by Gasteiger charge is -2.05. The smallest absolute Gasteiger partial charge is 0.362 e. The van der Waals surface area contributed by atoms with Crippen LogP contribution in [0.25, 0.3) is 11.1 Å². The zero-order valence-electron chi connectivity index (χ0n) is 12.2. The summed E-state index contributed by atoms with van der Waals surface area (Å²) < 4.78 is 12.8. The van der Waals surface area contributed by atoms with E-state index in [0.29, 0.717) is 0 Å². The van der Waals surface area contributed by atoms with Gasteiger partial charge in [0, 0.05) is 11.6 Å². The summed E-state index contributed by atoms with van der Waals surface area (Å²) in [5.74, 6) is -0.899. The number of nitrogens with zero attached hydrogens (tertiary/aromatic N) is 1. The molecule has 2 aromatic carbocycles. The van der Waals surface area contributed by atoms with Gasteiger partial charge in [-0.05, 0) is 23.3 Å². The molecule has 0 bridgehead atoms.